The lowest BCUT2D eigenvalue weighted by Crippen LogP contribution is -2.05. The first-order valence-electron chi connectivity index (χ1n) is 11.6. The van der Waals surface area contributed by atoms with E-state index in [4.69, 9.17) is 14.6 Å². The standard InChI is InChI=1S/C28H22N4O3.CH3NO/c33-28(34)16-20-7-4-11-23(15-20)32-27(18-26(31-32)21-8-2-1-3-9-21)30-22-10-5-12-24(17-22)35-25-13-6-14-29-19-25;2-1-3/h1-15,17-19,30H,16H2,(H,33,34);1H,(H2,2,3). The predicted octanol–water partition coefficient (Wildman–Crippen LogP) is 5.20. The minimum Gasteiger partial charge on any atom is -0.481 e. The van der Waals surface area contributed by atoms with Gasteiger partial charge < -0.3 is 20.9 Å². The minimum absolute atomic E-state index is 0.0584. The molecular weight excluding hydrogens is 482 g/mol. The number of amides is 1. The van der Waals surface area contributed by atoms with Crippen molar-refractivity contribution in [2.75, 3.05) is 5.32 Å². The molecule has 0 radical (unpaired) electrons. The SMILES string of the molecule is NC=O.O=C(O)Cc1cccc(-n2nc(-c3ccccc3)cc2Nc2cccc(Oc3cccnc3)c2)c1. The van der Waals surface area contributed by atoms with Crippen LogP contribution in [0.5, 0.6) is 11.5 Å². The Kier molecular flexibility index (Phi) is 8.44. The molecule has 9 heteroatoms. The largest absolute Gasteiger partial charge is 0.481 e. The number of nitrogens with two attached hydrogens (primary N) is 1. The van der Waals surface area contributed by atoms with Crippen molar-refractivity contribution in [3.05, 3.63) is 115 Å². The molecule has 1 amide bonds. The first-order valence-corrected chi connectivity index (χ1v) is 11.6. The van der Waals surface area contributed by atoms with Crippen molar-refractivity contribution >= 4 is 23.9 Å². The van der Waals surface area contributed by atoms with E-state index >= 15 is 0 Å². The second kappa shape index (κ2) is 12.5. The third-order valence-corrected chi connectivity index (χ3v) is 5.27. The van der Waals surface area contributed by atoms with Gasteiger partial charge in [-0.15, -0.1) is 0 Å². The Hall–Kier alpha value is -5.44. The van der Waals surface area contributed by atoms with E-state index in [0.29, 0.717) is 17.1 Å². The number of benzene rings is 3. The number of primary amides is 1. The van der Waals surface area contributed by atoms with Crippen LogP contribution in [0.25, 0.3) is 16.9 Å². The monoisotopic (exact) mass is 507 g/mol. The maximum atomic E-state index is 11.2. The van der Waals surface area contributed by atoms with Crippen LogP contribution in [0, 0.1) is 0 Å². The molecule has 2 heterocycles. The van der Waals surface area contributed by atoms with Crippen molar-refractivity contribution in [3.63, 3.8) is 0 Å². The molecule has 0 saturated heterocycles. The Morgan fingerprint density at radius 2 is 1.71 bits per heavy atom. The number of anilines is 2. The molecule has 0 aliphatic rings. The van der Waals surface area contributed by atoms with E-state index in [1.54, 1.807) is 23.1 Å². The van der Waals surface area contributed by atoms with Crippen LogP contribution >= 0.6 is 0 Å². The van der Waals surface area contributed by atoms with Gasteiger partial charge in [0.25, 0.3) is 0 Å². The fourth-order valence-electron chi connectivity index (χ4n) is 3.72. The number of aromatic nitrogens is 3. The van der Waals surface area contributed by atoms with Gasteiger partial charge in [0.05, 0.1) is 24.0 Å². The summed E-state index contributed by atoms with van der Waals surface area (Å²) in [6, 6.07) is 30.5. The lowest BCUT2D eigenvalue weighted by Gasteiger charge is -2.12. The molecule has 4 N–H and O–H groups in total. The molecule has 5 aromatic rings. The summed E-state index contributed by atoms with van der Waals surface area (Å²) in [6.45, 7) is 0. The molecular formula is C29H25N5O4. The summed E-state index contributed by atoms with van der Waals surface area (Å²) in [4.78, 5) is 23.9. The van der Waals surface area contributed by atoms with Gasteiger partial charge in [-0.1, -0.05) is 48.5 Å². The molecule has 0 saturated carbocycles. The Labute approximate surface area is 219 Å². The van der Waals surface area contributed by atoms with E-state index in [2.05, 4.69) is 16.0 Å². The van der Waals surface area contributed by atoms with Gasteiger partial charge in [-0.3, -0.25) is 14.6 Å². The fraction of sp³-hybridized carbons (Fsp3) is 0.0345. The number of hydrogen-bond donors (Lipinski definition) is 3. The normalized spacial score (nSPS) is 10.1. The number of hydrogen-bond acceptors (Lipinski definition) is 6. The molecule has 2 aromatic heterocycles. The topological polar surface area (TPSA) is 132 Å². The van der Waals surface area contributed by atoms with Crippen LogP contribution in [0.1, 0.15) is 5.56 Å². The van der Waals surface area contributed by atoms with Crippen LogP contribution in [0.15, 0.2) is 109 Å². The molecule has 0 atom stereocenters. The van der Waals surface area contributed by atoms with Gasteiger partial charge in [0.2, 0.25) is 6.41 Å². The molecule has 190 valence electrons. The number of aliphatic carboxylic acids is 1. The van der Waals surface area contributed by atoms with Crippen molar-refractivity contribution in [1.29, 1.82) is 0 Å². The summed E-state index contributed by atoms with van der Waals surface area (Å²) in [5, 5.41) is 17.5. The van der Waals surface area contributed by atoms with Crippen LogP contribution < -0.4 is 15.8 Å². The lowest BCUT2D eigenvalue weighted by atomic mass is 10.1. The number of carbonyl (C=O) groups is 2. The van der Waals surface area contributed by atoms with Crippen molar-refractivity contribution in [3.8, 4) is 28.4 Å². The highest BCUT2D eigenvalue weighted by Crippen LogP contribution is 2.30. The van der Waals surface area contributed by atoms with E-state index in [1.165, 1.54) is 0 Å². The Morgan fingerprint density at radius 3 is 2.45 bits per heavy atom. The molecule has 5 rings (SSSR count). The number of nitrogens with one attached hydrogen (secondary N) is 1. The van der Waals surface area contributed by atoms with E-state index in [0.717, 1.165) is 28.5 Å². The zero-order chi connectivity index (χ0) is 26.7. The van der Waals surface area contributed by atoms with E-state index in [-0.39, 0.29) is 12.8 Å². The first kappa shape index (κ1) is 25.6. The number of nitrogens with zero attached hydrogens (tertiary/aromatic N) is 3. The summed E-state index contributed by atoms with van der Waals surface area (Å²) in [5.74, 6) is 1.17. The van der Waals surface area contributed by atoms with Gasteiger partial charge in [0.1, 0.15) is 17.3 Å². The van der Waals surface area contributed by atoms with Gasteiger partial charge in [-0.25, -0.2) is 4.68 Å². The molecule has 0 bridgehead atoms. The van der Waals surface area contributed by atoms with Gasteiger partial charge in [-0.05, 0) is 42.0 Å². The van der Waals surface area contributed by atoms with Crippen LogP contribution in [-0.4, -0.2) is 32.3 Å². The predicted molar refractivity (Wildman–Crippen MR) is 145 cm³/mol. The fourth-order valence-corrected chi connectivity index (χ4v) is 3.72. The van der Waals surface area contributed by atoms with Crippen molar-refractivity contribution in [1.82, 2.24) is 14.8 Å². The number of carbonyl (C=O) groups excluding carboxylic acids is 1. The van der Waals surface area contributed by atoms with Crippen molar-refractivity contribution < 1.29 is 19.4 Å². The second-order valence-corrected chi connectivity index (χ2v) is 8.01. The van der Waals surface area contributed by atoms with Gasteiger partial charge >= 0.3 is 5.97 Å². The molecule has 9 nitrogen and oxygen atoms in total. The van der Waals surface area contributed by atoms with Crippen molar-refractivity contribution in [2.24, 2.45) is 5.73 Å². The quantitative estimate of drug-likeness (QED) is 0.246. The van der Waals surface area contributed by atoms with Gasteiger partial charge in [0, 0.05) is 29.6 Å². The van der Waals surface area contributed by atoms with Crippen molar-refractivity contribution in [2.45, 2.75) is 6.42 Å². The summed E-state index contributed by atoms with van der Waals surface area (Å²) >= 11 is 0. The van der Waals surface area contributed by atoms with Crippen LogP contribution in [0.2, 0.25) is 0 Å². The summed E-state index contributed by atoms with van der Waals surface area (Å²) in [6.07, 6.45) is 3.55. The Morgan fingerprint density at radius 1 is 0.947 bits per heavy atom. The third-order valence-electron chi connectivity index (χ3n) is 5.27. The Bertz CT molecular complexity index is 1500. The minimum atomic E-state index is -0.878. The summed E-state index contributed by atoms with van der Waals surface area (Å²) in [7, 11) is 0. The van der Waals surface area contributed by atoms with Crippen LogP contribution in [0.4, 0.5) is 11.5 Å². The number of pyridine rings is 1. The Balaban J connectivity index is 0.00000107. The molecule has 0 aliphatic heterocycles. The maximum absolute atomic E-state index is 11.2. The van der Waals surface area contributed by atoms with Crippen LogP contribution in [-0.2, 0) is 16.0 Å². The molecule has 0 fully saturated rings. The molecule has 3 aromatic carbocycles. The van der Waals surface area contributed by atoms with Crippen LogP contribution in [0.3, 0.4) is 0 Å². The molecule has 0 aliphatic carbocycles. The summed E-state index contributed by atoms with van der Waals surface area (Å²) < 4.78 is 7.70. The zero-order valence-corrected chi connectivity index (χ0v) is 20.3. The highest BCUT2D eigenvalue weighted by atomic mass is 16.5. The van der Waals surface area contributed by atoms with Gasteiger partial charge in [-0.2, -0.15) is 5.10 Å². The molecule has 0 spiro atoms. The average molecular weight is 508 g/mol. The molecule has 38 heavy (non-hydrogen) atoms. The van der Waals surface area contributed by atoms with E-state index in [9.17, 15) is 9.90 Å². The highest BCUT2D eigenvalue weighted by Gasteiger charge is 2.13. The number of rotatable bonds is 8. The molecule has 0 unspecified atom stereocenters. The van der Waals surface area contributed by atoms with E-state index < -0.39 is 5.97 Å². The highest BCUT2D eigenvalue weighted by molar-refractivity contribution is 5.71. The van der Waals surface area contributed by atoms with E-state index in [1.807, 2.05) is 91.0 Å². The zero-order valence-electron chi connectivity index (χ0n) is 20.3. The average Bonchev–Trinajstić information content (AvgIpc) is 3.34. The second-order valence-electron chi connectivity index (χ2n) is 8.01. The maximum Gasteiger partial charge on any atom is 0.307 e. The number of ether oxygens (including phenoxy) is 1. The third kappa shape index (κ3) is 6.82. The number of carboxylic acids is 1. The summed E-state index contributed by atoms with van der Waals surface area (Å²) in [5.41, 5.74) is 8.21. The first-order chi connectivity index (χ1) is 18.6. The lowest BCUT2D eigenvalue weighted by molar-refractivity contribution is -0.136. The number of carboxylic acid groups (broad SMARTS) is 1. The smallest absolute Gasteiger partial charge is 0.307 e. The van der Waals surface area contributed by atoms with Gasteiger partial charge in [0.15, 0.2) is 0 Å².